The Morgan fingerprint density at radius 1 is 1.26 bits per heavy atom. The minimum absolute atomic E-state index is 0. The summed E-state index contributed by atoms with van der Waals surface area (Å²) >= 11 is 2.63. The third-order valence-electron chi connectivity index (χ3n) is 5.22. The normalized spacial score (nSPS) is 13.6. The Kier molecular flexibility index (Phi) is 6.65. The number of nitrogens with two attached hydrogens (primary N) is 1. The Bertz CT molecular complexity index is 1190. The summed E-state index contributed by atoms with van der Waals surface area (Å²) in [5.41, 5.74) is 6.93. The first-order valence-electron chi connectivity index (χ1n) is 9.42. The second kappa shape index (κ2) is 8.91. The highest BCUT2D eigenvalue weighted by Gasteiger charge is 2.29. The number of anilines is 1. The number of nitrogens with zero attached hydrogens (tertiary/aromatic N) is 2. The van der Waals surface area contributed by atoms with Crippen LogP contribution in [-0.4, -0.2) is 34.2 Å². The lowest BCUT2D eigenvalue weighted by molar-refractivity contribution is -0.384. The van der Waals surface area contributed by atoms with Gasteiger partial charge in [-0.2, -0.15) is 0 Å². The Morgan fingerprint density at radius 3 is 2.65 bits per heavy atom. The number of carbonyl (C=O) groups is 2. The van der Waals surface area contributed by atoms with Crippen LogP contribution < -0.4 is 11.1 Å². The first-order valence-corrected chi connectivity index (χ1v) is 11.1. The highest BCUT2D eigenvalue weighted by atomic mass is 35.5. The van der Waals surface area contributed by atoms with Gasteiger partial charge in [0.05, 0.1) is 15.4 Å². The Labute approximate surface area is 192 Å². The van der Waals surface area contributed by atoms with Crippen molar-refractivity contribution in [3.05, 3.63) is 55.3 Å². The molecule has 8 nitrogen and oxygen atoms in total. The highest BCUT2D eigenvalue weighted by molar-refractivity contribution is 7.21. The van der Waals surface area contributed by atoms with Crippen LogP contribution in [-0.2, 0) is 13.0 Å². The van der Waals surface area contributed by atoms with Crippen molar-refractivity contribution in [1.82, 2.24) is 4.90 Å². The number of amides is 2. The molecule has 1 aliphatic heterocycles. The Balaban J connectivity index is 0.00000272. The molecule has 3 heterocycles. The lowest BCUT2D eigenvalue weighted by Gasteiger charge is -2.30. The minimum Gasteiger partial charge on any atom is -0.365 e. The number of nitrogens with one attached hydrogen (secondary N) is 1. The summed E-state index contributed by atoms with van der Waals surface area (Å²) in [5.74, 6) is -0.909. The summed E-state index contributed by atoms with van der Waals surface area (Å²) in [5, 5.41) is 14.9. The highest BCUT2D eigenvalue weighted by Crippen LogP contribution is 2.38. The van der Waals surface area contributed by atoms with Gasteiger partial charge in [-0.15, -0.1) is 35.1 Å². The van der Waals surface area contributed by atoms with Gasteiger partial charge in [0.15, 0.2) is 0 Å². The van der Waals surface area contributed by atoms with Crippen molar-refractivity contribution in [1.29, 1.82) is 0 Å². The largest absolute Gasteiger partial charge is 0.365 e. The van der Waals surface area contributed by atoms with E-state index in [-0.39, 0.29) is 24.0 Å². The molecular weight excluding hydrogens is 460 g/mol. The zero-order chi connectivity index (χ0) is 21.6. The molecule has 0 spiro atoms. The quantitative estimate of drug-likeness (QED) is 0.414. The number of hydrogen-bond donors (Lipinski definition) is 2. The third-order valence-corrected chi connectivity index (χ3v) is 7.47. The van der Waals surface area contributed by atoms with Crippen LogP contribution in [0.25, 0.3) is 10.1 Å². The van der Waals surface area contributed by atoms with Crippen LogP contribution >= 0.6 is 35.1 Å². The topological polar surface area (TPSA) is 119 Å². The average Bonchev–Trinajstić information content (AvgIpc) is 3.27. The number of primary amides is 1. The van der Waals surface area contributed by atoms with Gasteiger partial charge >= 0.3 is 0 Å². The molecule has 3 aromatic rings. The number of carbonyl (C=O) groups excluding carboxylic acids is 2. The molecule has 1 aliphatic rings. The summed E-state index contributed by atoms with van der Waals surface area (Å²) in [4.78, 5) is 39.3. The number of non-ortho nitro benzene ring substituents is 1. The van der Waals surface area contributed by atoms with E-state index in [4.69, 9.17) is 5.73 Å². The van der Waals surface area contributed by atoms with Crippen molar-refractivity contribution in [2.75, 3.05) is 11.9 Å². The van der Waals surface area contributed by atoms with E-state index in [9.17, 15) is 19.7 Å². The molecule has 2 aromatic heterocycles. The van der Waals surface area contributed by atoms with Crippen molar-refractivity contribution in [2.45, 2.75) is 32.9 Å². The molecule has 0 atom stereocenters. The van der Waals surface area contributed by atoms with Crippen LogP contribution in [0.2, 0.25) is 0 Å². The molecule has 31 heavy (non-hydrogen) atoms. The molecule has 3 N–H and O–H groups in total. The number of halogens is 1. The smallest absolute Gasteiger partial charge is 0.270 e. The van der Waals surface area contributed by atoms with Crippen LogP contribution in [0.15, 0.2) is 24.3 Å². The Hall–Kier alpha value is -2.53. The van der Waals surface area contributed by atoms with Crippen molar-refractivity contribution in [3.8, 4) is 0 Å². The summed E-state index contributed by atoms with van der Waals surface area (Å²) in [6, 6.07) is 6.51. The maximum atomic E-state index is 12.9. The third kappa shape index (κ3) is 4.42. The zero-order valence-corrected chi connectivity index (χ0v) is 19.3. The maximum absolute atomic E-state index is 12.9. The van der Waals surface area contributed by atoms with Crippen molar-refractivity contribution >= 4 is 67.7 Å². The number of fused-ring (bicyclic) bond motifs is 2. The number of thiophene rings is 2. The molecular formula is C20H21ClN4O4S2. The molecule has 0 fully saturated rings. The maximum Gasteiger partial charge on any atom is 0.270 e. The first-order chi connectivity index (χ1) is 14.2. The van der Waals surface area contributed by atoms with Gasteiger partial charge in [0.2, 0.25) is 0 Å². The fraction of sp³-hybridized carbons (Fsp3) is 0.300. The molecule has 1 aromatic carbocycles. The van der Waals surface area contributed by atoms with Crippen molar-refractivity contribution in [2.24, 2.45) is 5.73 Å². The van der Waals surface area contributed by atoms with Gasteiger partial charge in [0.1, 0.15) is 5.00 Å². The number of benzene rings is 1. The van der Waals surface area contributed by atoms with Crippen molar-refractivity contribution in [3.63, 3.8) is 0 Å². The van der Waals surface area contributed by atoms with Crippen LogP contribution in [0.3, 0.4) is 0 Å². The van der Waals surface area contributed by atoms with Gasteiger partial charge in [-0.1, -0.05) is 0 Å². The van der Waals surface area contributed by atoms with E-state index in [1.54, 1.807) is 12.1 Å². The van der Waals surface area contributed by atoms with Crippen LogP contribution in [0, 0.1) is 10.1 Å². The molecule has 4 rings (SSSR count). The molecule has 2 amide bonds. The van der Waals surface area contributed by atoms with Gasteiger partial charge in [0, 0.05) is 46.2 Å². The molecule has 0 saturated carbocycles. The molecule has 0 aliphatic carbocycles. The minimum atomic E-state index is -0.548. The zero-order valence-electron chi connectivity index (χ0n) is 16.8. The average molecular weight is 481 g/mol. The monoisotopic (exact) mass is 480 g/mol. The number of rotatable bonds is 5. The summed E-state index contributed by atoms with van der Waals surface area (Å²) in [7, 11) is 0. The van der Waals surface area contributed by atoms with Gasteiger partial charge in [-0.05, 0) is 38.0 Å². The van der Waals surface area contributed by atoms with Crippen LogP contribution in [0.5, 0.6) is 0 Å². The van der Waals surface area contributed by atoms with Gasteiger partial charge in [-0.25, -0.2) is 0 Å². The van der Waals surface area contributed by atoms with Crippen LogP contribution in [0.4, 0.5) is 10.7 Å². The lowest BCUT2D eigenvalue weighted by atomic mass is 10.0. The second-order valence-electron chi connectivity index (χ2n) is 7.43. The first kappa shape index (κ1) is 23.1. The summed E-state index contributed by atoms with van der Waals surface area (Å²) in [6.07, 6.45) is 0.713. The van der Waals surface area contributed by atoms with E-state index in [0.717, 1.165) is 28.2 Å². The van der Waals surface area contributed by atoms with Gasteiger partial charge < -0.3 is 11.1 Å². The SMILES string of the molecule is CC(C)N1CCc2c(sc(NC(=O)c3cc4cc([N+](=O)[O-])ccc4s3)c2C(N)=O)C1.Cl. The fourth-order valence-electron chi connectivity index (χ4n) is 3.63. The number of nitro groups is 1. The van der Waals surface area contributed by atoms with Crippen molar-refractivity contribution < 1.29 is 14.5 Å². The summed E-state index contributed by atoms with van der Waals surface area (Å²) < 4.78 is 0.777. The predicted octanol–water partition coefficient (Wildman–Crippen LogP) is 4.41. The van der Waals surface area contributed by atoms with E-state index >= 15 is 0 Å². The molecule has 164 valence electrons. The van der Waals surface area contributed by atoms with E-state index in [1.807, 2.05) is 0 Å². The number of nitro benzene ring substituents is 1. The standard InChI is InChI=1S/C20H20N4O4S2.ClH/c1-10(2)23-6-5-13-16(9-23)30-20(17(13)18(21)25)22-19(26)15-8-11-7-12(24(27)28)3-4-14(11)29-15;/h3-4,7-8,10H,5-6,9H2,1-2H3,(H2,21,25)(H,22,26);1H. The van der Waals surface area contributed by atoms with E-state index in [1.165, 1.54) is 34.8 Å². The molecule has 0 unspecified atom stereocenters. The van der Waals surface area contributed by atoms with E-state index in [2.05, 4.69) is 24.1 Å². The molecule has 0 bridgehead atoms. The van der Waals surface area contributed by atoms with E-state index in [0.29, 0.717) is 33.3 Å². The fourth-order valence-corrected chi connectivity index (χ4v) is 5.85. The second-order valence-corrected chi connectivity index (χ2v) is 9.62. The molecule has 0 radical (unpaired) electrons. The van der Waals surface area contributed by atoms with Gasteiger partial charge in [0.25, 0.3) is 17.5 Å². The molecule has 11 heteroatoms. The molecule has 0 saturated heterocycles. The predicted molar refractivity (Wildman–Crippen MR) is 126 cm³/mol. The van der Waals surface area contributed by atoms with Crippen LogP contribution in [0.1, 0.15) is 44.3 Å². The number of hydrogen-bond acceptors (Lipinski definition) is 7. The van der Waals surface area contributed by atoms with E-state index < -0.39 is 10.8 Å². The lowest BCUT2D eigenvalue weighted by Crippen LogP contribution is -2.35. The summed E-state index contributed by atoms with van der Waals surface area (Å²) in [6.45, 7) is 5.81. The van der Waals surface area contributed by atoms with Gasteiger partial charge in [-0.3, -0.25) is 24.6 Å². The Morgan fingerprint density at radius 2 is 2.00 bits per heavy atom.